The standard InChI is InChI=1S/C13H19N5O3/c1-7-11(14)8(2)18(16-7)6-10(20)17-5-9(19)15-12(21)13(17,3)4/h5-6,14H2,1-4H3,(H,15,19,21). The van der Waals surface area contributed by atoms with E-state index in [4.69, 9.17) is 5.73 Å². The van der Waals surface area contributed by atoms with Crippen LogP contribution >= 0.6 is 0 Å². The molecule has 0 spiro atoms. The van der Waals surface area contributed by atoms with E-state index in [2.05, 4.69) is 10.4 Å². The number of nitrogens with zero attached hydrogens (tertiary/aromatic N) is 3. The first-order valence-electron chi connectivity index (χ1n) is 6.59. The molecule has 1 aromatic heterocycles. The summed E-state index contributed by atoms with van der Waals surface area (Å²) in [4.78, 5) is 37.0. The number of imide groups is 1. The Morgan fingerprint density at radius 2 is 2.00 bits per heavy atom. The van der Waals surface area contributed by atoms with Gasteiger partial charge in [0.1, 0.15) is 18.6 Å². The minimum absolute atomic E-state index is 0.0616. The summed E-state index contributed by atoms with van der Waals surface area (Å²) in [5.41, 5.74) is 6.62. The molecule has 1 fully saturated rings. The van der Waals surface area contributed by atoms with Crippen molar-refractivity contribution in [1.29, 1.82) is 0 Å². The number of carbonyl (C=O) groups excluding carboxylic acids is 3. The number of hydrogen-bond acceptors (Lipinski definition) is 5. The summed E-state index contributed by atoms with van der Waals surface area (Å²) >= 11 is 0. The second-order valence-corrected chi connectivity index (χ2v) is 5.66. The number of nitrogens with two attached hydrogens (primary N) is 1. The van der Waals surface area contributed by atoms with Gasteiger partial charge in [-0.3, -0.25) is 24.4 Å². The second-order valence-electron chi connectivity index (χ2n) is 5.66. The maximum Gasteiger partial charge on any atom is 0.252 e. The highest BCUT2D eigenvalue weighted by Crippen LogP contribution is 2.20. The monoisotopic (exact) mass is 293 g/mol. The molecule has 0 radical (unpaired) electrons. The third kappa shape index (κ3) is 2.48. The number of nitrogen functional groups attached to an aromatic ring is 1. The number of aryl methyl sites for hydroxylation is 1. The van der Waals surface area contributed by atoms with Crippen LogP contribution in [-0.2, 0) is 20.9 Å². The van der Waals surface area contributed by atoms with Crippen LogP contribution in [0.5, 0.6) is 0 Å². The minimum Gasteiger partial charge on any atom is -0.396 e. The summed E-state index contributed by atoms with van der Waals surface area (Å²) in [6.07, 6.45) is 0. The minimum atomic E-state index is -1.08. The van der Waals surface area contributed by atoms with Crippen LogP contribution in [0.15, 0.2) is 0 Å². The number of piperazine rings is 1. The van der Waals surface area contributed by atoms with Gasteiger partial charge in [-0.1, -0.05) is 0 Å². The first kappa shape index (κ1) is 15.0. The maximum absolute atomic E-state index is 12.4. The number of carbonyl (C=O) groups is 3. The first-order chi connectivity index (χ1) is 9.64. The van der Waals surface area contributed by atoms with E-state index < -0.39 is 17.4 Å². The molecule has 0 atom stereocenters. The third-order valence-corrected chi connectivity index (χ3v) is 3.81. The molecule has 114 valence electrons. The Hall–Kier alpha value is -2.38. The fourth-order valence-corrected chi connectivity index (χ4v) is 2.26. The van der Waals surface area contributed by atoms with Gasteiger partial charge in [-0.25, -0.2) is 0 Å². The van der Waals surface area contributed by atoms with Gasteiger partial charge in [0.15, 0.2) is 0 Å². The van der Waals surface area contributed by atoms with Crippen LogP contribution in [0.1, 0.15) is 25.2 Å². The van der Waals surface area contributed by atoms with Crippen molar-refractivity contribution >= 4 is 23.4 Å². The predicted octanol–water partition coefficient (Wildman–Crippen LogP) is -0.654. The van der Waals surface area contributed by atoms with E-state index in [1.54, 1.807) is 27.7 Å². The SMILES string of the molecule is Cc1nn(CC(=O)N2CC(=O)NC(=O)C2(C)C)c(C)c1N. The molecule has 2 rings (SSSR count). The van der Waals surface area contributed by atoms with Crippen molar-refractivity contribution < 1.29 is 14.4 Å². The van der Waals surface area contributed by atoms with Gasteiger partial charge in [0.25, 0.3) is 5.91 Å². The molecule has 1 aliphatic rings. The number of amides is 3. The van der Waals surface area contributed by atoms with Gasteiger partial charge in [-0.05, 0) is 27.7 Å². The van der Waals surface area contributed by atoms with Crippen molar-refractivity contribution in [3.05, 3.63) is 11.4 Å². The number of anilines is 1. The van der Waals surface area contributed by atoms with E-state index in [0.29, 0.717) is 17.1 Å². The zero-order valence-electron chi connectivity index (χ0n) is 12.6. The van der Waals surface area contributed by atoms with Crippen molar-refractivity contribution in [3.63, 3.8) is 0 Å². The number of aromatic nitrogens is 2. The number of nitrogens with one attached hydrogen (secondary N) is 1. The molecule has 0 unspecified atom stereocenters. The summed E-state index contributed by atoms with van der Waals surface area (Å²) in [5.74, 6) is -1.32. The summed E-state index contributed by atoms with van der Waals surface area (Å²) in [5, 5.41) is 6.42. The first-order valence-corrected chi connectivity index (χ1v) is 6.59. The molecular weight excluding hydrogens is 274 g/mol. The fraction of sp³-hybridized carbons (Fsp3) is 0.538. The van der Waals surface area contributed by atoms with E-state index in [1.807, 2.05) is 0 Å². The van der Waals surface area contributed by atoms with Gasteiger partial charge in [-0.15, -0.1) is 0 Å². The van der Waals surface area contributed by atoms with Gasteiger partial charge in [0.05, 0.1) is 17.1 Å². The van der Waals surface area contributed by atoms with Crippen molar-refractivity contribution in [1.82, 2.24) is 20.0 Å². The largest absolute Gasteiger partial charge is 0.396 e. The van der Waals surface area contributed by atoms with E-state index in [-0.39, 0.29) is 19.0 Å². The lowest BCUT2D eigenvalue weighted by Gasteiger charge is -2.40. The molecular formula is C13H19N5O3. The van der Waals surface area contributed by atoms with Crippen LogP contribution in [0.4, 0.5) is 5.69 Å². The number of rotatable bonds is 2. The molecule has 1 aliphatic heterocycles. The van der Waals surface area contributed by atoms with Gasteiger partial charge < -0.3 is 10.6 Å². The Morgan fingerprint density at radius 3 is 2.52 bits per heavy atom. The van der Waals surface area contributed by atoms with Crippen molar-refractivity contribution in [3.8, 4) is 0 Å². The smallest absolute Gasteiger partial charge is 0.252 e. The van der Waals surface area contributed by atoms with Gasteiger partial charge in [0.2, 0.25) is 11.8 Å². The van der Waals surface area contributed by atoms with Gasteiger partial charge >= 0.3 is 0 Å². The highest BCUT2D eigenvalue weighted by Gasteiger charge is 2.43. The fourth-order valence-electron chi connectivity index (χ4n) is 2.26. The lowest BCUT2D eigenvalue weighted by Crippen LogP contribution is -2.65. The quantitative estimate of drug-likeness (QED) is 0.704. The second kappa shape index (κ2) is 4.87. The van der Waals surface area contributed by atoms with E-state index >= 15 is 0 Å². The molecule has 21 heavy (non-hydrogen) atoms. The van der Waals surface area contributed by atoms with Crippen molar-refractivity contribution in [2.24, 2.45) is 0 Å². The molecule has 1 saturated heterocycles. The van der Waals surface area contributed by atoms with E-state index in [9.17, 15) is 14.4 Å². The topological polar surface area (TPSA) is 110 Å². The molecule has 8 heteroatoms. The lowest BCUT2D eigenvalue weighted by atomic mass is 9.98. The summed E-state index contributed by atoms with van der Waals surface area (Å²) in [6.45, 7) is 6.51. The Bertz CT molecular complexity index is 632. The van der Waals surface area contributed by atoms with Crippen LogP contribution < -0.4 is 11.1 Å². The Morgan fingerprint density at radius 1 is 1.38 bits per heavy atom. The van der Waals surface area contributed by atoms with Crippen LogP contribution in [0.2, 0.25) is 0 Å². The zero-order valence-corrected chi connectivity index (χ0v) is 12.6. The lowest BCUT2D eigenvalue weighted by molar-refractivity contribution is -0.156. The molecule has 3 N–H and O–H groups in total. The van der Waals surface area contributed by atoms with Crippen LogP contribution in [0.25, 0.3) is 0 Å². The van der Waals surface area contributed by atoms with Crippen LogP contribution in [-0.4, -0.2) is 44.5 Å². The normalized spacial score (nSPS) is 17.8. The van der Waals surface area contributed by atoms with Gasteiger partial charge in [0, 0.05) is 0 Å². The van der Waals surface area contributed by atoms with Crippen molar-refractivity contribution in [2.75, 3.05) is 12.3 Å². The third-order valence-electron chi connectivity index (χ3n) is 3.81. The molecule has 0 aliphatic carbocycles. The molecule has 3 amide bonds. The predicted molar refractivity (Wildman–Crippen MR) is 75.1 cm³/mol. The average Bonchev–Trinajstić information content (AvgIpc) is 2.62. The van der Waals surface area contributed by atoms with Crippen LogP contribution in [0.3, 0.4) is 0 Å². The van der Waals surface area contributed by atoms with Gasteiger partial charge in [-0.2, -0.15) is 5.10 Å². The number of hydrogen-bond donors (Lipinski definition) is 2. The average molecular weight is 293 g/mol. The summed E-state index contributed by atoms with van der Waals surface area (Å²) in [6, 6.07) is 0. The van der Waals surface area contributed by atoms with Crippen LogP contribution in [0, 0.1) is 13.8 Å². The molecule has 1 aromatic rings. The highest BCUT2D eigenvalue weighted by atomic mass is 16.2. The van der Waals surface area contributed by atoms with E-state index in [1.165, 1.54) is 9.58 Å². The van der Waals surface area contributed by atoms with Crippen molar-refractivity contribution in [2.45, 2.75) is 39.8 Å². The zero-order chi connectivity index (χ0) is 15.9. The highest BCUT2D eigenvalue weighted by molar-refractivity contribution is 6.06. The van der Waals surface area contributed by atoms with E-state index in [0.717, 1.165) is 0 Å². The molecule has 0 saturated carbocycles. The molecule has 0 aromatic carbocycles. The molecule has 8 nitrogen and oxygen atoms in total. The molecule has 0 bridgehead atoms. The maximum atomic E-state index is 12.4. The summed E-state index contributed by atoms with van der Waals surface area (Å²) < 4.78 is 1.49. The summed E-state index contributed by atoms with van der Waals surface area (Å²) in [7, 11) is 0. The Labute approximate surface area is 122 Å². The Kier molecular flexibility index (Phi) is 3.48. The molecule has 2 heterocycles. The Balaban J connectivity index is 2.24.